The van der Waals surface area contributed by atoms with Crippen LogP contribution in [0.25, 0.3) is 6.08 Å². The minimum atomic E-state index is -0.786. The van der Waals surface area contributed by atoms with Gasteiger partial charge in [-0.15, -0.1) is 0 Å². The number of rotatable bonds is 5. The summed E-state index contributed by atoms with van der Waals surface area (Å²) in [6.45, 7) is 0. The lowest BCUT2D eigenvalue weighted by Crippen LogP contribution is -2.40. The molecule has 128 valence electrons. The van der Waals surface area contributed by atoms with E-state index < -0.39 is 16.7 Å². The van der Waals surface area contributed by atoms with Crippen molar-refractivity contribution in [2.24, 2.45) is 0 Å². The van der Waals surface area contributed by atoms with Crippen molar-refractivity contribution >= 4 is 23.6 Å². The van der Waals surface area contributed by atoms with Crippen molar-refractivity contribution in [2.45, 2.75) is 0 Å². The number of nitrogens with one attached hydrogen (secondary N) is 2. The SMILES string of the molecule is COc1ccccc1/C=C/C(=O)NNC(=O)c1ccccc1[N+](=O)[O-]. The fourth-order valence-electron chi connectivity index (χ4n) is 2.02. The molecule has 0 aliphatic heterocycles. The van der Waals surface area contributed by atoms with Crippen LogP contribution in [0.2, 0.25) is 0 Å². The number of hydrogen-bond donors (Lipinski definition) is 2. The molecule has 8 nitrogen and oxygen atoms in total. The Kier molecular flexibility index (Phi) is 5.83. The zero-order valence-corrected chi connectivity index (χ0v) is 13.3. The molecule has 8 heteroatoms. The lowest BCUT2D eigenvalue weighted by molar-refractivity contribution is -0.385. The fourth-order valence-corrected chi connectivity index (χ4v) is 2.02. The molecule has 2 aromatic carbocycles. The monoisotopic (exact) mass is 341 g/mol. The van der Waals surface area contributed by atoms with Crippen LogP contribution in [0.3, 0.4) is 0 Å². The maximum Gasteiger partial charge on any atom is 0.282 e. The molecule has 0 saturated heterocycles. The van der Waals surface area contributed by atoms with E-state index in [2.05, 4.69) is 10.9 Å². The number of carbonyl (C=O) groups is 2. The van der Waals surface area contributed by atoms with Crippen LogP contribution in [-0.4, -0.2) is 23.8 Å². The molecular formula is C17H15N3O5. The van der Waals surface area contributed by atoms with E-state index in [0.717, 1.165) is 0 Å². The second-order valence-corrected chi connectivity index (χ2v) is 4.79. The third-order valence-corrected chi connectivity index (χ3v) is 3.20. The van der Waals surface area contributed by atoms with Gasteiger partial charge in [-0.1, -0.05) is 30.3 Å². The highest BCUT2D eigenvalue weighted by atomic mass is 16.6. The molecule has 2 rings (SSSR count). The summed E-state index contributed by atoms with van der Waals surface area (Å²) in [5, 5.41) is 10.9. The zero-order chi connectivity index (χ0) is 18.2. The van der Waals surface area contributed by atoms with Crippen molar-refractivity contribution in [1.82, 2.24) is 10.9 Å². The molecule has 0 bridgehead atoms. The molecule has 2 aromatic rings. The van der Waals surface area contributed by atoms with Crippen LogP contribution in [0.15, 0.2) is 54.6 Å². The number of amides is 2. The van der Waals surface area contributed by atoms with E-state index in [1.807, 2.05) is 0 Å². The molecule has 0 saturated carbocycles. The Bertz CT molecular complexity index is 833. The van der Waals surface area contributed by atoms with Crippen LogP contribution in [0.4, 0.5) is 5.69 Å². The molecule has 2 N–H and O–H groups in total. The maximum atomic E-state index is 12.0. The van der Waals surface area contributed by atoms with Gasteiger partial charge in [0.25, 0.3) is 17.5 Å². The summed E-state index contributed by atoms with van der Waals surface area (Å²) in [5.74, 6) is -0.792. The largest absolute Gasteiger partial charge is 0.496 e. The third kappa shape index (κ3) is 4.64. The van der Waals surface area contributed by atoms with E-state index in [0.29, 0.717) is 11.3 Å². The lowest BCUT2D eigenvalue weighted by Gasteiger charge is -2.06. The molecule has 0 radical (unpaired) electrons. The highest BCUT2D eigenvalue weighted by Crippen LogP contribution is 2.18. The van der Waals surface area contributed by atoms with Gasteiger partial charge in [0.15, 0.2) is 0 Å². The molecular weight excluding hydrogens is 326 g/mol. The summed E-state index contributed by atoms with van der Waals surface area (Å²) in [5.41, 5.74) is 4.49. The predicted molar refractivity (Wildman–Crippen MR) is 90.7 cm³/mol. The van der Waals surface area contributed by atoms with Gasteiger partial charge >= 0.3 is 0 Å². The molecule has 2 amide bonds. The van der Waals surface area contributed by atoms with Gasteiger partial charge in [0.05, 0.1) is 12.0 Å². The molecule has 0 spiro atoms. The van der Waals surface area contributed by atoms with Crippen LogP contribution < -0.4 is 15.6 Å². The Labute approximate surface area is 143 Å². The van der Waals surface area contributed by atoms with Crippen molar-refractivity contribution in [2.75, 3.05) is 7.11 Å². The number of para-hydroxylation sites is 2. The Balaban J connectivity index is 1.99. The van der Waals surface area contributed by atoms with Crippen molar-refractivity contribution in [3.8, 4) is 5.75 Å². The van der Waals surface area contributed by atoms with Gasteiger partial charge in [0.2, 0.25) is 0 Å². The molecule has 0 aromatic heterocycles. The summed E-state index contributed by atoms with van der Waals surface area (Å²) in [4.78, 5) is 34.0. The summed E-state index contributed by atoms with van der Waals surface area (Å²) in [6.07, 6.45) is 2.73. The topological polar surface area (TPSA) is 111 Å². The van der Waals surface area contributed by atoms with Crippen molar-refractivity contribution in [1.29, 1.82) is 0 Å². The third-order valence-electron chi connectivity index (χ3n) is 3.20. The normalized spacial score (nSPS) is 10.3. The molecule has 0 fully saturated rings. The van der Waals surface area contributed by atoms with Gasteiger partial charge in [-0.3, -0.25) is 30.6 Å². The average Bonchev–Trinajstić information content (AvgIpc) is 2.64. The van der Waals surface area contributed by atoms with Crippen LogP contribution >= 0.6 is 0 Å². The molecule has 0 aliphatic rings. The minimum absolute atomic E-state index is 0.151. The number of hydrogen-bond acceptors (Lipinski definition) is 5. The lowest BCUT2D eigenvalue weighted by atomic mass is 10.2. The minimum Gasteiger partial charge on any atom is -0.496 e. The number of benzene rings is 2. The van der Waals surface area contributed by atoms with Crippen molar-refractivity contribution in [3.63, 3.8) is 0 Å². The second-order valence-electron chi connectivity index (χ2n) is 4.79. The van der Waals surface area contributed by atoms with E-state index >= 15 is 0 Å². The first-order chi connectivity index (χ1) is 12.0. The van der Waals surface area contributed by atoms with Crippen molar-refractivity contribution < 1.29 is 19.2 Å². The summed E-state index contributed by atoms with van der Waals surface area (Å²) >= 11 is 0. The standard InChI is InChI=1S/C17H15N3O5/c1-25-15-9-5-2-6-12(15)10-11-16(21)18-19-17(22)13-7-3-4-8-14(13)20(23)24/h2-11H,1H3,(H,18,21)(H,19,22)/b11-10+. The maximum absolute atomic E-state index is 12.0. The number of nitro benzene ring substituents is 1. The molecule has 0 heterocycles. The first kappa shape index (κ1) is 17.7. The number of hydrazine groups is 1. The number of ether oxygens (including phenoxy) is 1. The van der Waals surface area contributed by atoms with Crippen LogP contribution in [0.1, 0.15) is 15.9 Å². The molecule has 0 aliphatic carbocycles. The highest BCUT2D eigenvalue weighted by Gasteiger charge is 2.19. The van der Waals surface area contributed by atoms with Crippen LogP contribution in [0, 0.1) is 10.1 Å². The van der Waals surface area contributed by atoms with Crippen LogP contribution in [-0.2, 0) is 4.79 Å². The van der Waals surface area contributed by atoms with Gasteiger partial charge in [-0.25, -0.2) is 0 Å². The predicted octanol–water partition coefficient (Wildman–Crippen LogP) is 2.08. The average molecular weight is 341 g/mol. The fraction of sp³-hybridized carbons (Fsp3) is 0.0588. The van der Waals surface area contributed by atoms with Gasteiger partial charge in [-0.2, -0.15) is 0 Å². The van der Waals surface area contributed by atoms with Crippen molar-refractivity contribution in [3.05, 3.63) is 75.8 Å². The number of nitro groups is 1. The Hall–Kier alpha value is -3.68. The number of carbonyl (C=O) groups excluding carboxylic acids is 2. The summed E-state index contributed by atoms with van der Waals surface area (Å²) in [7, 11) is 1.51. The van der Waals surface area contributed by atoms with Gasteiger partial charge in [0, 0.05) is 17.7 Å². The van der Waals surface area contributed by atoms with E-state index in [1.54, 1.807) is 24.3 Å². The Morgan fingerprint density at radius 2 is 1.76 bits per heavy atom. The summed E-state index contributed by atoms with van der Waals surface area (Å²) < 4.78 is 5.15. The first-order valence-corrected chi connectivity index (χ1v) is 7.17. The van der Waals surface area contributed by atoms with Gasteiger partial charge in [0.1, 0.15) is 11.3 Å². The summed E-state index contributed by atoms with van der Waals surface area (Å²) in [6, 6.07) is 12.5. The van der Waals surface area contributed by atoms with Crippen LogP contribution in [0.5, 0.6) is 5.75 Å². The van der Waals surface area contributed by atoms with Gasteiger partial charge < -0.3 is 4.74 Å². The first-order valence-electron chi connectivity index (χ1n) is 7.17. The second kappa shape index (κ2) is 8.25. The molecule has 25 heavy (non-hydrogen) atoms. The Morgan fingerprint density at radius 1 is 1.08 bits per heavy atom. The molecule has 0 atom stereocenters. The van der Waals surface area contributed by atoms with E-state index in [9.17, 15) is 19.7 Å². The van der Waals surface area contributed by atoms with E-state index in [4.69, 9.17) is 4.74 Å². The number of nitrogens with zero attached hydrogens (tertiary/aromatic N) is 1. The smallest absolute Gasteiger partial charge is 0.282 e. The highest BCUT2D eigenvalue weighted by molar-refractivity contribution is 6.00. The van der Waals surface area contributed by atoms with Gasteiger partial charge in [-0.05, 0) is 18.2 Å². The zero-order valence-electron chi connectivity index (χ0n) is 13.3. The quantitative estimate of drug-likeness (QED) is 0.491. The Morgan fingerprint density at radius 3 is 2.48 bits per heavy atom. The van der Waals surface area contributed by atoms with E-state index in [1.165, 1.54) is 43.5 Å². The van der Waals surface area contributed by atoms with E-state index in [-0.39, 0.29) is 11.3 Å². The number of methoxy groups -OCH3 is 1. The molecule has 0 unspecified atom stereocenters.